The van der Waals surface area contributed by atoms with Crippen molar-refractivity contribution in [2.45, 2.75) is 12.5 Å². The molecule has 22 heavy (non-hydrogen) atoms. The zero-order valence-electron chi connectivity index (χ0n) is 12.1. The van der Waals surface area contributed by atoms with E-state index in [1.165, 1.54) is 18.6 Å². The van der Waals surface area contributed by atoms with Crippen LogP contribution in [-0.4, -0.2) is 30.7 Å². The van der Waals surface area contributed by atoms with E-state index in [0.29, 0.717) is 22.5 Å². The third-order valence-corrected chi connectivity index (χ3v) is 4.89. The molecule has 2 aliphatic heterocycles. The van der Waals surface area contributed by atoms with Crippen LogP contribution < -0.4 is 10.2 Å². The molecule has 2 aromatic rings. The van der Waals surface area contributed by atoms with E-state index in [9.17, 15) is 4.39 Å². The molecule has 0 amide bonds. The Bertz CT molecular complexity index is 694. The van der Waals surface area contributed by atoms with E-state index < -0.39 is 0 Å². The maximum absolute atomic E-state index is 13.5. The summed E-state index contributed by atoms with van der Waals surface area (Å²) in [6, 6.07) is 7.05. The van der Waals surface area contributed by atoms with Crippen LogP contribution in [0.15, 0.2) is 36.7 Å². The molecule has 0 spiro atoms. The minimum Gasteiger partial charge on any atom is -0.368 e. The van der Waals surface area contributed by atoms with Crippen molar-refractivity contribution in [3.63, 3.8) is 0 Å². The number of rotatable bonds is 2. The lowest BCUT2D eigenvalue weighted by Gasteiger charge is -2.33. The fourth-order valence-corrected chi connectivity index (χ4v) is 3.74. The maximum Gasteiger partial charge on any atom is 0.123 e. The smallest absolute Gasteiger partial charge is 0.123 e. The molecule has 114 valence electrons. The molecule has 2 fully saturated rings. The largest absolute Gasteiger partial charge is 0.368 e. The molecule has 1 N–H and O–H groups in total. The molecular formula is C17H17ClFN3. The van der Waals surface area contributed by atoms with Crippen LogP contribution >= 0.6 is 11.6 Å². The average Bonchev–Trinajstić information content (AvgIpc) is 2.88. The van der Waals surface area contributed by atoms with Crippen molar-refractivity contribution in [1.29, 1.82) is 0 Å². The lowest BCUT2D eigenvalue weighted by Crippen LogP contribution is -2.41. The number of nitrogens with one attached hydrogen (secondary N) is 1. The third kappa shape index (κ3) is 2.57. The molecule has 0 saturated carbocycles. The van der Waals surface area contributed by atoms with Gasteiger partial charge in [0.15, 0.2) is 0 Å². The standard InChI is InChI=1S/C17H17ClFN3/c18-17-2-1-13(19)5-16(17)12-4-15(8-20-7-12)22-9-11-3-14(10-22)21-6-11/h1-2,4-5,7-8,11,14,21H,3,6,9-10H2/t11-,14-/m0/s1. The Morgan fingerprint density at radius 2 is 2.14 bits per heavy atom. The second-order valence-corrected chi connectivity index (χ2v) is 6.58. The average molecular weight is 318 g/mol. The highest BCUT2D eigenvalue weighted by atomic mass is 35.5. The number of nitrogens with zero attached hydrogens (tertiary/aromatic N) is 2. The van der Waals surface area contributed by atoms with E-state index >= 15 is 0 Å². The maximum atomic E-state index is 13.5. The fourth-order valence-electron chi connectivity index (χ4n) is 3.51. The predicted molar refractivity (Wildman–Crippen MR) is 86.8 cm³/mol. The first-order chi connectivity index (χ1) is 10.7. The van der Waals surface area contributed by atoms with Crippen LogP contribution in [0, 0.1) is 11.7 Å². The zero-order valence-corrected chi connectivity index (χ0v) is 12.9. The summed E-state index contributed by atoms with van der Waals surface area (Å²) in [6.45, 7) is 3.15. The summed E-state index contributed by atoms with van der Waals surface area (Å²) < 4.78 is 13.5. The SMILES string of the molecule is Fc1ccc(Cl)c(-c2cncc(N3C[C@@H]4CN[C@@H](C4)C3)c2)c1. The van der Waals surface area contributed by atoms with E-state index in [4.69, 9.17) is 11.6 Å². The van der Waals surface area contributed by atoms with Crippen LogP contribution in [0.25, 0.3) is 11.1 Å². The monoisotopic (exact) mass is 317 g/mol. The van der Waals surface area contributed by atoms with Crippen molar-refractivity contribution in [3.05, 3.63) is 47.5 Å². The summed E-state index contributed by atoms with van der Waals surface area (Å²) in [6.07, 6.45) is 4.88. The van der Waals surface area contributed by atoms with Gasteiger partial charge in [0.05, 0.1) is 11.9 Å². The lowest BCUT2D eigenvalue weighted by molar-refractivity contribution is 0.474. The predicted octanol–water partition coefficient (Wildman–Crippen LogP) is 3.34. The summed E-state index contributed by atoms with van der Waals surface area (Å²) in [5.74, 6) is 0.421. The van der Waals surface area contributed by atoms with Crippen molar-refractivity contribution >= 4 is 17.3 Å². The van der Waals surface area contributed by atoms with Gasteiger partial charge in [0, 0.05) is 48.0 Å². The van der Waals surface area contributed by atoms with Crippen LogP contribution in [0.2, 0.25) is 5.02 Å². The summed E-state index contributed by atoms with van der Waals surface area (Å²) in [5.41, 5.74) is 2.62. The first kappa shape index (κ1) is 14.0. The molecule has 5 heteroatoms. The number of anilines is 1. The number of pyridine rings is 1. The van der Waals surface area contributed by atoms with Gasteiger partial charge in [-0.05, 0) is 36.6 Å². The van der Waals surface area contributed by atoms with Gasteiger partial charge in [-0.25, -0.2) is 4.39 Å². The minimum absolute atomic E-state index is 0.287. The Morgan fingerprint density at radius 3 is 3.00 bits per heavy atom. The van der Waals surface area contributed by atoms with Gasteiger partial charge in [-0.3, -0.25) is 4.98 Å². The highest BCUT2D eigenvalue weighted by Gasteiger charge is 2.32. The van der Waals surface area contributed by atoms with Crippen molar-refractivity contribution in [2.75, 3.05) is 24.5 Å². The van der Waals surface area contributed by atoms with Gasteiger partial charge in [0.2, 0.25) is 0 Å². The molecule has 0 radical (unpaired) electrons. The lowest BCUT2D eigenvalue weighted by atomic mass is 9.99. The number of piperidine rings is 1. The number of hydrogen-bond acceptors (Lipinski definition) is 3. The quantitative estimate of drug-likeness (QED) is 0.921. The third-order valence-electron chi connectivity index (χ3n) is 4.56. The Morgan fingerprint density at radius 1 is 1.23 bits per heavy atom. The van der Waals surface area contributed by atoms with Gasteiger partial charge in [-0.1, -0.05) is 11.6 Å². The highest BCUT2D eigenvalue weighted by molar-refractivity contribution is 6.33. The number of benzene rings is 1. The van der Waals surface area contributed by atoms with E-state index in [0.717, 1.165) is 30.9 Å². The molecule has 4 rings (SSSR count). The molecule has 3 heterocycles. The summed E-state index contributed by atoms with van der Waals surface area (Å²) in [4.78, 5) is 6.70. The van der Waals surface area contributed by atoms with E-state index in [1.54, 1.807) is 12.3 Å². The summed E-state index contributed by atoms with van der Waals surface area (Å²) in [5, 5.41) is 4.09. The van der Waals surface area contributed by atoms with Gasteiger partial charge >= 0.3 is 0 Å². The molecule has 2 saturated heterocycles. The van der Waals surface area contributed by atoms with Crippen molar-refractivity contribution in [3.8, 4) is 11.1 Å². The Hall–Kier alpha value is -1.65. The van der Waals surface area contributed by atoms with Crippen LogP contribution in [0.1, 0.15) is 6.42 Å². The van der Waals surface area contributed by atoms with Gasteiger partial charge in [-0.15, -0.1) is 0 Å². The van der Waals surface area contributed by atoms with Gasteiger partial charge in [0.1, 0.15) is 5.82 Å². The van der Waals surface area contributed by atoms with E-state index in [-0.39, 0.29) is 5.82 Å². The molecule has 2 aliphatic rings. The van der Waals surface area contributed by atoms with Crippen LogP contribution in [0.4, 0.5) is 10.1 Å². The number of halogens is 2. The Kier molecular flexibility index (Phi) is 3.51. The van der Waals surface area contributed by atoms with Crippen molar-refractivity contribution in [2.24, 2.45) is 5.92 Å². The second-order valence-electron chi connectivity index (χ2n) is 6.17. The minimum atomic E-state index is -0.287. The zero-order chi connectivity index (χ0) is 15.1. The first-order valence-corrected chi connectivity index (χ1v) is 7.95. The van der Waals surface area contributed by atoms with E-state index in [1.807, 2.05) is 6.20 Å². The van der Waals surface area contributed by atoms with Crippen LogP contribution in [0.5, 0.6) is 0 Å². The molecule has 0 unspecified atom stereocenters. The number of hydrogen-bond donors (Lipinski definition) is 1. The summed E-state index contributed by atoms with van der Waals surface area (Å²) in [7, 11) is 0. The van der Waals surface area contributed by atoms with Gasteiger partial charge in [-0.2, -0.15) is 0 Å². The van der Waals surface area contributed by atoms with Gasteiger partial charge in [0.25, 0.3) is 0 Å². The van der Waals surface area contributed by atoms with E-state index in [2.05, 4.69) is 21.3 Å². The van der Waals surface area contributed by atoms with Crippen molar-refractivity contribution < 1.29 is 4.39 Å². The topological polar surface area (TPSA) is 28.2 Å². The highest BCUT2D eigenvalue weighted by Crippen LogP contribution is 2.32. The number of fused-ring (bicyclic) bond motifs is 2. The Balaban J connectivity index is 1.67. The fraction of sp³-hybridized carbons (Fsp3) is 0.353. The molecular weight excluding hydrogens is 301 g/mol. The number of aromatic nitrogens is 1. The van der Waals surface area contributed by atoms with Crippen LogP contribution in [-0.2, 0) is 0 Å². The van der Waals surface area contributed by atoms with Crippen molar-refractivity contribution in [1.82, 2.24) is 10.3 Å². The molecule has 1 aromatic carbocycles. The molecule has 3 nitrogen and oxygen atoms in total. The molecule has 1 aromatic heterocycles. The molecule has 2 bridgehead atoms. The first-order valence-electron chi connectivity index (χ1n) is 7.58. The second kappa shape index (κ2) is 5.52. The normalized spacial score (nSPS) is 23.8. The Labute approximate surface area is 134 Å². The molecule has 0 aliphatic carbocycles. The summed E-state index contributed by atoms with van der Waals surface area (Å²) >= 11 is 6.21. The van der Waals surface area contributed by atoms with Crippen LogP contribution in [0.3, 0.4) is 0 Å². The molecule has 2 atom stereocenters. The van der Waals surface area contributed by atoms with Gasteiger partial charge < -0.3 is 10.2 Å².